The summed E-state index contributed by atoms with van der Waals surface area (Å²) in [5.41, 5.74) is 1.60. The molecule has 0 bridgehead atoms. The highest BCUT2D eigenvalue weighted by atomic mass is 32.1. The lowest BCUT2D eigenvalue weighted by atomic mass is 10.2. The van der Waals surface area contributed by atoms with E-state index in [0.717, 1.165) is 53.4 Å². The van der Waals surface area contributed by atoms with Crippen molar-refractivity contribution in [2.24, 2.45) is 0 Å². The molecule has 4 aromatic rings. The van der Waals surface area contributed by atoms with Crippen LogP contribution in [0.15, 0.2) is 57.6 Å². The third-order valence-electron chi connectivity index (χ3n) is 6.06. The first-order valence-corrected chi connectivity index (χ1v) is 13.0. The van der Waals surface area contributed by atoms with Crippen LogP contribution in [0.3, 0.4) is 0 Å². The van der Waals surface area contributed by atoms with Gasteiger partial charge in [0.1, 0.15) is 11.3 Å². The molecule has 8 heteroatoms. The Kier molecular flexibility index (Phi) is 6.87. The number of ether oxygens (including phenoxy) is 1. The summed E-state index contributed by atoms with van der Waals surface area (Å²) >= 11 is 2.95. The van der Waals surface area contributed by atoms with Gasteiger partial charge in [-0.1, -0.05) is 24.3 Å². The largest absolute Gasteiger partial charge is 0.454 e. The van der Waals surface area contributed by atoms with Crippen molar-refractivity contribution in [3.8, 4) is 11.5 Å². The number of thiazole rings is 1. The van der Waals surface area contributed by atoms with Gasteiger partial charge in [0.15, 0.2) is 10.9 Å². The van der Waals surface area contributed by atoms with Gasteiger partial charge < -0.3 is 9.15 Å². The summed E-state index contributed by atoms with van der Waals surface area (Å²) in [5.74, 6) is 0.729. The molecular formula is C25H27N3O3S2. The molecule has 0 radical (unpaired) electrons. The molecule has 1 saturated heterocycles. The summed E-state index contributed by atoms with van der Waals surface area (Å²) < 4.78 is 11.4. The highest BCUT2D eigenvalue weighted by molar-refractivity contribution is 7.14. The minimum Gasteiger partial charge on any atom is -0.454 e. The molecule has 33 heavy (non-hydrogen) atoms. The molecule has 1 aromatic carbocycles. The number of para-hydroxylation sites is 1. The second-order valence-electron chi connectivity index (χ2n) is 8.24. The number of carbonyl (C=O) groups is 1. The van der Waals surface area contributed by atoms with Crippen LogP contribution in [0.4, 0.5) is 5.13 Å². The van der Waals surface area contributed by atoms with E-state index in [1.165, 1.54) is 35.5 Å². The molecule has 0 N–H and O–H groups in total. The Morgan fingerprint density at radius 2 is 2.18 bits per heavy atom. The van der Waals surface area contributed by atoms with Crippen LogP contribution in [-0.4, -0.2) is 55.2 Å². The lowest BCUT2D eigenvalue weighted by molar-refractivity contribution is 0.0984. The summed E-state index contributed by atoms with van der Waals surface area (Å²) in [6.07, 6.45) is 3.27. The molecule has 172 valence electrons. The van der Waals surface area contributed by atoms with Gasteiger partial charge in [-0.15, -0.1) is 22.7 Å². The van der Waals surface area contributed by atoms with Crippen LogP contribution < -0.4 is 4.90 Å². The summed E-state index contributed by atoms with van der Waals surface area (Å²) in [6, 6.07) is 14.2. The van der Waals surface area contributed by atoms with E-state index in [1.54, 1.807) is 7.11 Å². The number of nitrogens with zero attached hydrogens (tertiary/aromatic N) is 3. The van der Waals surface area contributed by atoms with Gasteiger partial charge in [-0.05, 0) is 49.4 Å². The molecule has 1 amide bonds. The van der Waals surface area contributed by atoms with Gasteiger partial charge in [0, 0.05) is 37.0 Å². The number of methoxy groups -OCH3 is 1. The third-order valence-corrected chi connectivity index (χ3v) is 7.78. The van der Waals surface area contributed by atoms with Crippen molar-refractivity contribution < 1.29 is 13.9 Å². The number of thiophene rings is 1. The summed E-state index contributed by atoms with van der Waals surface area (Å²) in [7, 11) is 1.76. The average Bonchev–Trinajstić information content (AvgIpc) is 3.63. The van der Waals surface area contributed by atoms with Gasteiger partial charge in [0.05, 0.1) is 11.5 Å². The maximum absolute atomic E-state index is 13.3. The van der Waals surface area contributed by atoms with E-state index in [-0.39, 0.29) is 5.91 Å². The smallest absolute Gasteiger partial charge is 0.270 e. The maximum Gasteiger partial charge on any atom is 0.270 e. The highest BCUT2D eigenvalue weighted by Gasteiger charge is 2.26. The quantitative estimate of drug-likeness (QED) is 0.304. The molecule has 1 unspecified atom stereocenters. The van der Waals surface area contributed by atoms with Crippen molar-refractivity contribution in [2.75, 3.05) is 38.3 Å². The third kappa shape index (κ3) is 4.89. The predicted molar refractivity (Wildman–Crippen MR) is 134 cm³/mol. The first kappa shape index (κ1) is 22.3. The lowest BCUT2D eigenvalue weighted by Crippen LogP contribution is -2.37. The lowest BCUT2D eigenvalue weighted by Gasteiger charge is -2.25. The molecule has 3 aromatic heterocycles. The van der Waals surface area contributed by atoms with Crippen LogP contribution in [0.5, 0.6) is 0 Å². The van der Waals surface area contributed by atoms with Crippen LogP contribution in [0.1, 0.15) is 28.9 Å². The Bertz CT molecular complexity index is 1170. The number of hydrogen-bond acceptors (Lipinski definition) is 7. The number of amides is 1. The van der Waals surface area contributed by atoms with Gasteiger partial charge >= 0.3 is 0 Å². The normalized spacial score (nSPS) is 16.6. The van der Waals surface area contributed by atoms with Crippen LogP contribution >= 0.6 is 22.7 Å². The van der Waals surface area contributed by atoms with Crippen molar-refractivity contribution >= 4 is 44.7 Å². The number of furan rings is 1. The van der Waals surface area contributed by atoms with Crippen molar-refractivity contribution in [2.45, 2.75) is 25.3 Å². The number of rotatable bonds is 9. The van der Waals surface area contributed by atoms with E-state index < -0.39 is 0 Å². The van der Waals surface area contributed by atoms with E-state index >= 15 is 0 Å². The second kappa shape index (κ2) is 10.2. The molecule has 1 atom stereocenters. The molecule has 1 aliphatic rings. The van der Waals surface area contributed by atoms with Gasteiger partial charge in [-0.25, -0.2) is 4.98 Å². The van der Waals surface area contributed by atoms with Crippen LogP contribution in [-0.2, 0) is 4.74 Å². The Morgan fingerprint density at radius 1 is 1.27 bits per heavy atom. The summed E-state index contributed by atoms with van der Waals surface area (Å²) in [5, 5.41) is 5.66. The van der Waals surface area contributed by atoms with Crippen LogP contribution in [0, 0.1) is 0 Å². The number of carbonyl (C=O) groups excluding carboxylic acids is 1. The number of anilines is 1. The second-order valence-corrected chi connectivity index (χ2v) is 10.0. The fourth-order valence-corrected chi connectivity index (χ4v) is 5.94. The minimum absolute atomic E-state index is 0.00497. The van der Waals surface area contributed by atoms with Crippen LogP contribution in [0.25, 0.3) is 22.4 Å². The van der Waals surface area contributed by atoms with Gasteiger partial charge in [-0.3, -0.25) is 14.6 Å². The molecule has 0 spiro atoms. The first-order valence-electron chi connectivity index (χ1n) is 11.3. The van der Waals surface area contributed by atoms with Crippen molar-refractivity contribution in [1.29, 1.82) is 0 Å². The van der Waals surface area contributed by atoms with E-state index in [1.807, 2.05) is 58.1 Å². The minimum atomic E-state index is 0.00497. The first-order chi connectivity index (χ1) is 16.2. The van der Waals surface area contributed by atoms with Crippen molar-refractivity contribution in [3.63, 3.8) is 0 Å². The summed E-state index contributed by atoms with van der Waals surface area (Å²) in [4.78, 5) is 23.2. The molecule has 0 saturated carbocycles. The van der Waals surface area contributed by atoms with Crippen LogP contribution in [0.2, 0.25) is 0 Å². The molecule has 0 aliphatic carbocycles. The topological polar surface area (TPSA) is 58.8 Å². The number of benzene rings is 1. The van der Waals surface area contributed by atoms with E-state index in [9.17, 15) is 4.79 Å². The molecule has 6 nitrogen and oxygen atoms in total. The number of hydrogen-bond donors (Lipinski definition) is 0. The molecule has 1 aliphatic heterocycles. The molecular weight excluding hydrogens is 454 g/mol. The zero-order valence-electron chi connectivity index (χ0n) is 18.6. The Hall–Kier alpha value is -2.52. The van der Waals surface area contributed by atoms with E-state index in [0.29, 0.717) is 17.7 Å². The zero-order chi connectivity index (χ0) is 22.6. The Labute approximate surface area is 201 Å². The zero-order valence-corrected chi connectivity index (χ0v) is 20.2. The van der Waals surface area contributed by atoms with E-state index in [4.69, 9.17) is 14.1 Å². The SMILES string of the molecule is COCC1CCCN1CCCN(C(=O)c1cccs1)c1nc(-c2cc3ccccc3o2)cs1. The average molecular weight is 482 g/mol. The number of fused-ring (bicyclic) bond motifs is 1. The maximum atomic E-state index is 13.3. The Morgan fingerprint density at radius 3 is 3.00 bits per heavy atom. The monoisotopic (exact) mass is 481 g/mol. The standard InChI is InChI=1S/C25H27N3O3S2/c1-30-16-19-8-4-11-27(19)12-6-13-28(24(29)23-10-5-14-32-23)25-26-20(17-33-25)22-15-18-7-2-3-9-21(18)31-22/h2-3,5,7,9-10,14-15,17,19H,4,6,8,11-13,16H2,1H3. The number of likely N-dealkylation sites (tertiary alicyclic amines) is 1. The van der Waals surface area contributed by atoms with Gasteiger partial charge in [0.25, 0.3) is 5.91 Å². The molecule has 5 rings (SSSR count). The fraction of sp³-hybridized carbons (Fsp3) is 0.360. The van der Waals surface area contributed by atoms with Gasteiger partial charge in [0.2, 0.25) is 0 Å². The Balaban J connectivity index is 1.34. The molecule has 4 heterocycles. The highest BCUT2D eigenvalue weighted by Crippen LogP contribution is 2.32. The van der Waals surface area contributed by atoms with Crippen molar-refractivity contribution in [3.05, 3.63) is 58.1 Å². The number of aromatic nitrogens is 1. The predicted octanol–water partition coefficient (Wildman–Crippen LogP) is 5.77. The van der Waals surface area contributed by atoms with Gasteiger partial charge in [-0.2, -0.15) is 0 Å². The molecule has 1 fully saturated rings. The van der Waals surface area contributed by atoms with Crippen molar-refractivity contribution in [1.82, 2.24) is 9.88 Å². The fourth-order valence-electron chi connectivity index (χ4n) is 4.43. The van der Waals surface area contributed by atoms with E-state index in [2.05, 4.69) is 4.90 Å². The summed E-state index contributed by atoms with van der Waals surface area (Å²) in [6.45, 7) is 3.44.